The number of aliphatic hydroxyl groups excluding tert-OH is 1. The van der Waals surface area contributed by atoms with Crippen molar-refractivity contribution in [1.29, 1.82) is 0 Å². The first-order chi connectivity index (χ1) is 8.19. The molecule has 0 fully saturated rings. The number of para-hydroxylation sites is 1. The Kier molecular flexibility index (Phi) is 5.49. The van der Waals surface area contributed by atoms with Gasteiger partial charge in [-0.3, -0.25) is 4.79 Å². The van der Waals surface area contributed by atoms with Crippen LogP contribution in [0.25, 0.3) is 0 Å². The molecule has 0 spiro atoms. The van der Waals surface area contributed by atoms with Gasteiger partial charge < -0.3 is 15.2 Å². The van der Waals surface area contributed by atoms with Gasteiger partial charge in [0.15, 0.2) is 0 Å². The number of hydrogen-bond acceptors (Lipinski definition) is 3. The van der Waals surface area contributed by atoms with E-state index in [4.69, 9.17) is 9.84 Å². The first kappa shape index (κ1) is 13.5. The van der Waals surface area contributed by atoms with Gasteiger partial charge in [0.1, 0.15) is 5.75 Å². The molecule has 1 aromatic carbocycles. The number of nitrogens with one attached hydrogen (secondary N) is 1. The van der Waals surface area contributed by atoms with E-state index in [0.717, 1.165) is 0 Å². The van der Waals surface area contributed by atoms with Crippen LogP contribution in [0.2, 0.25) is 0 Å². The second-order valence-electron chi connectivity index (χ2n) is 3.82. The van der Waals surface area contributed by atoms with Crippen LogP contribution in [0.3, 0.4) is 0 Å². The Hall–Kier alpha value is -1.55. The molecule has 1 atom stereocenters. The first-order valence-corrected chi connectivity index (χ1v) is 5.82. The number of benzene rings is 1. The van der Waals surface area contributed by atoms with Gasteiger partial charge in [-0.1, -0.05) is 12.1 Å². The Morgan fingerprint density at radius 1 is 1.47 bits per heavy atom. The maximum absolute atomic E-state index is 12.0. The minimum absolute atomic E-state index is 0.0535. The Bertz CT molecular complexity index is 365. The Balaban J connectivity index is 2.74. The van der Waals surface area contributed by atoms with Gasteiger partial charge in [-0.2, -0.15) is 0 Å². The summed E-state index contributed by atoms with van der Waals surface area (Å²) in [6.45, 7) is 4.32. The number of aliphatic hydroxyl groups is 1. The van der Waals surface area contributed by atoms with Crippen molar-refractivity contribution >= 4 is 5.91 Å². The maximum atomic E-state index is 12.0. The second-order valence-corrected chi connectivity index (χ2v) is 3.82. The summed E-state index contributed by atoms with van der Waals surface area (Å²) >= 11 is 0. The van der Waals surface area contributed by atoms with Crippen molar-refractivity contribution in [2.24, 2.45) is 0 Å². The Labute approximate surface area is 102 Å². The quantitative estimate of drug-likeness (QED) is 0.790. The van der Waals surface area contributed by atoms with Crippen LogP contribution >= 0.6 is 0 Å². The van der Waals surface area contributed by atoms with Gasteiger partial charge in [-0.25, -0.2) is 0 Å². The Morgan fingerprint density at radius 3 is 2.82 bits per heavy atom. The van der Waals surface area contributed by atoms with Gasteiger partial charge in [-0.05, 0) is 32.4 Å². The molecule has 0 aliphatic rings. The fourth-order valence-corrected chi connectivity index (χ4v) is 1.50. The van der Waals surface area contributed by atoms with Crippen molar-refractivity contribution in [1.82, 2.24) is 5.32 Å². The second kappa shape index (κ2) is 6.91. The van der Waals surface area contributed by atoms with Crippen LogP contribution in [-0.4, -0.2) is 30.3 Å². The molecule has 2 N–H and O–H groups in total. The lowest BCUT2D eigenvalue weighted by Crippen LogP contribution is -2.33. The van der Waals surface area contributed by atoms with Crippen molar-refractivity contribution < 1.29 is 14.6 Å². The average molecular weight is 237 g/mol. The molecule has 0 aliphatic heterocycles. The van der Waals surface area contributed by atoms with E-state index in [9.17, 15) is 4.79 Å². The topological polar surface area (TPSA) is 58.6 Å². The minimum atomic E-state index is -0.171. The van der Waals surface area contributed by atoms with Crippen LogP contribution in [0, 0.1) is 0 Å². The molecule has 0 bridgehead atoms. The van der Waals surface area contributed by atoms with E-state index in [2.05, 4.69) is 5.32 Å². The molecule has 0 saturated heterocycles. The standard InChI is InChI=1S/C13H19NO3/c1-3-17-12-7-5-4-6-11(12)13(16)14-10(2)8-9-15/h4-7,10,15H,3,8-9H2,1-2H3,(H,14,16). The van der Waals surface area contributed by atoms with Gasteiger partial charge in [0.2, 0.25) is 0 Å². The summed E-state index contributed by atoms with van der Waals surface area (Å²) < 4.78 is 5.39. The van der Waals surface area contributed by atoms with E-state index < -0.39 is 0 Å². The zero-order valence-corrected chi connectivity index (χ0v) is 10.3. The molecule has 0 aliphatic carbocycles. The van der Waals surface area contributed by atoms with Crippen molar-refractivity contribution in [3.05, 3.63) is 29.8 Å². The highest BCUT2D eigenvalue weighted by molar-refractivity contribution is 5.97. The lowest BCUT2D eigenvalue weighted by molar-refractivity contribution is 0.0930. The number of carbonyl (C=O) groups excluding carboxylic acids is 1. The van der Waals surface area contributed by atoms with Crippen LogP contribution < -0.4 is 10.1 Å². The molecular formula is C13H19NO3. The van der Waals surface area contributed by atoms with Gasteiger partial charge in [0.25, 0.3) is 5.91 Å². The molecule has 1 rings (SSSR count). The summed E-state index contributed by atoms with van der Waals surface area (Å²) in [5.74, 6) is 0.415. The zero-order valence-electron chi connectivity index (χ0n) is 10.3. The minimum Gasteiger partial charge on any atom is -0.493 e. The zero-order chi connectivity index (χ0) is 12.7. The molecule has 1 aromatic rings. The van der Waals surface area contributed by atoms with Crippen LogP contribution in [0.5, 0.6) is 5.75 Å². The summed E-state index contributed by atoms with van der Waals surface area (Å²) in [6.07, 6.45) is 0.544. The van der Waals surface area contributed by atoms with Crippen molar-refractivity contribution in [3.8, 4) is 5.75 Å². The van der Waals surface area contributed by atoms with Crippen LogP contribution in [0.4, 0.5) is 0 Å². The van der Waals surface area contributed by atoms with E-state index in [1.165, 1.54) is 0 Å². The molecule has 1 unspecified atom stereocenters. The van der Waals surface area contributed by atoms with Crippen LogP contribution in [-0.2, 0) is 0 Å². The summed E-state index contributed by atoms with van der Waals surface area (Å²) in [4.78, 5) is 12.0. The smallest absolute Gasteiger partial charge is 0.255 e. The number of rotatable bonds is 6. The molecule has 0 heterocycles. The monoisotopic (exact) mass is 237 g/mol. The fraction of sp³-hybridized carbons (Fsp3) is 0.462. The number of amides is 1. The number of carbonyl (C=O) groups is 1. The van der Waals surface area contributed by atoms with E-state index in [1.807, 2.05) is 19.9 Å². The maximum Gasteiger partial charge on any atom is 0.255 e. The summed E-state index contributed by atoms with van der Waals surface area (Å²) in [6, 6.07) is 7.08. The highest BCUT2D eigenvalue weighted by Gasteiger charge is 2.13. The SMILES string of the molecule is CCOc1ccccc1C(=O)NC(C)CCO. The van der Waals surface area contributed by atoms with Crippen molar-refractivity contribution in [2.45, 2.75) is 26.3 Å². The van der Waals surface area contributed by atoms with E-state index in [1.54, 1.807) is 18.2 Å². The third-order valence-corrected chi connectivity index (χ3v) is 2.37. The third kappa shape index (κ3) is 4.07. The van der Waals surface area contributed by atoms with Crippen LogP contribution in [0.1, 0.15) is 30.6 Å². The molecule has 17 heavy (non-hydrogen) atoms. The molecule has 4 nitrogen and oxygen atoms in total. The lowest BCUT2D eigenvalue weighted by Gasteiger charge is -2.14. The highest BCUT2D eigenvalue weighted by Crippen LogP contribution is 2.17. The number of hydrogen-bond donors (Lipinski definition) is 2. The molecule has 0 aromatic heterocycles. The normalized spacial score (nSPS) is 11.9. The predicted molar refractivity (Wildman–Crippen MR) is 66.2 cm³/mol. The predicted octanol–water partition coefficient (Wildman–Crippen LogP) is 1.59. The van der Waals surface area contributed by atoms with Gasteiger partial charge >= 0.3 is 0 Å². The fourth-order valence-electron chi connectivity index (χ4n) is 1.50. The molecule has 94 valence electrons. The summed E-state index contributed by atoms with van der Waals surface area (Å²) in [5.41, 5.74) is 0.527. The molecule has 0 radical (unpaired) electrons. The third-order valence-electron chi connectivity index (χ3n) is 2.37. The van der Waals surface area contributed by atoms with Gasteiger partial charge in [0, 0.05) is 12.6 Å². The van der Waals surface area contributed by atoms with Crippen molar-refractivity contribution in [3.63, 3.8) is 0 Å². The van der Waals surface area contributed by atoms with E-state index in [-0.39, 0.29) is 18.6 Å². The molecule has 1 amide bonds. The average Bonchev–Trinajstić information content (AvgIpc) is 2.30. The van der Waals surface area contributed by atoms with Crippen molar-refractivity contribution in [2.75, 3.05) is 13.2 Å². The summed E-state index contributed by atoms with van der Waals surface area (Å²) in [7, 11) is 0. The highest BCUT2D eigenvalue weighted by atomic mass is 16.5. The lowest BCUT2D eigenvalue weighted by atomic mass is 10.1. The first-order valence-electron chi connectivity index (χ1n) is 5.82. The number of ether oxygens (including phenoxy) is 1. The Morgan fingerprint density at radius 2 is 2.18 bits per heavy atom. The van der Waals surface area contributed by atoms with Gasteiger partial charge in [0.05, 0.1) is 12.2 Å². The largest absolute Gasteiger partial charge is 0.493 e. The van der Waals surface area contributed by atoms with Gasteiger partial charge in [-0.15, -0.1) is 0 Å². The van der Waals surface area contributed by atoms with Crippen LogP contribution in [0.15, 0.2) is 24.3 Å². The molecule has 4 heteroatoms. The van der Waals surface area contributed by atoms with E-state index >= 15 is 0 Å². The molecular weight excluding hydrogens is 218 g/mol. The van der Waals surface area contributed by atoms with E-state index in [0.29, 0.717) is 24.3 Å². The molecule has 0 saturated carbocycles. The summed E-state index contributed by atoms with van der Waals surface area (Å²) in [5, 5.41) is 11.6.